The summed E-state index contributed by atoms with van der Waals surface area (Å²) in [5.74, 6) is 1.16. The van der Waals surface area contributed by atoms with E-state index in [1.165, 1.54) is 16.7 Å². The maximum Gasteiger partial charge on any atom is 0.258 e. The maximum absolute atomic E-state index is 12.2. The van der Waals surface area contributed by atoms with E-state index < -0.39 is 0 Å². The number of hydrogen-bond donors (Lipinski definition) is 1. The molecule has 128 valence electrons. The van der Waals surface area contributed by atoms with Crippen molar-refractivity contribution in [2.24, 2.45) is 0 Å². The van der Waals surface area contributed by atoms with Crippen molar-refractivity contribution in [3.8, 4) is 11.5 Å². The number of benzene rings is 2. The largest absolute Gasteiger partial charge is 0.497 e. The fraction of sp³-hybridized carbons (Fsp3) is 0.350. The van der Waals surface area contributed by atoms with Crippen LogP contribution >= 0.6 is 0 Å². The van der Waals surface area contributed by atoms with Gasteiger partial charge in [-0.15, -0.1) is 0 Å². The standard InChI is InChI=1S/C20H25NO3/c1-13-9-15(3)19(10-14(13)2)16(4)21-20(22)12-24-18-8-6-7-17(11-18)23-5/h6-11,16H,12H2,1-5H3,(H,21,22)/t16-/m1/s1. The molecule has 0 unspecified atom stereocenters. The fourth-order valence-electron chi connectivity index (χ4n) is 2.65. The maximum atomic E-state index is 12.2. The second kappa shape index (κ2) is 7.86. The van der Waals surface area contributed by atoms with Crippen molar-refractivity contribution in [2.45, 2.75) is 33.7 Å². The first-order valence-electron chi connectivity index (χ1n) is 8.04. The summed E-state index contributed by atoms with van der Waals surface area (Å²) < 4.78 is 10.7. The third-order valence-corrected chi connectivity index (χ3v) is 4.14. The smallest absolute Gasteiger partial charge is 0.258 e. The summed E-state index contributed by atoms with van der Waals surface area (Å²) in [6, 6.07) is 11.4. The van der Waals surface area contributed by atoms with E-state index in [0.29, 0.717) is 11.5 Å². The Hall–Kier alpha value is -2.49. The van der Waals surface area contributed by atoms with Crippen molar-refractivity contribution in [3.63, 3.8) is 0 Å². The third-order valence-electron chi connectivity index (χ3n) is 4.14. The molecular weight excluding hydrogens is 302 g/mol. The van der Waals surface area contributed by atoms with Crippen LogP contribution in [0.5, 0.6) is 11.5 Å². The lowest BCUT2D eigenvalue weighted by atomic mass is 9.96. The molecule has 4 heteroatoms. The van der Waals surface area contributed by atoms with Crippen LogP contribution in [-0.2, 0) is 4.79 Å². The zero-order valence-corrected chi connectivity index (χ0v) is 15.0. The van der Waals surface area contributed by atoms with Crippen molar-refractivity contribution in [1.29, 1.82) is 0 Å². The van der Waals surface area contributed by atoms with Gasteiger partial charge in [0.05, 0.1) is 13.2 Å². The first kappa shape index (κ1) is 17.9. The van der Waals surface area contributed by atoms with E-state index in [4.69, 9.17) is 9.47 Å². The van der Waals surface area contributed by atoms with E-state index in [-0.39, 0.29) is 18.6 Å². The fourth-order valence-corrected chi connectivity index (χ4v) is 2.65. The molecule has 2 aromatic rings. The normalized spacial score (nSPS) is 11.7. The molecule has 1 N–H and O–H groups in total. The second-order valence-corrected chi connectivity index (χ2v) is 6.05. The summed E-state index contributed by atoms with van der Waals surface area (Å²) in [5.41, 5.74) is 4.80. The molecule has 0 aliphatic rings. The minimum Gasteiger partial charge on any atom is -0.497 e. The van der Waals surface area contributed by atoms with Crippen LogP contribution in [-0.4, -0.2) is 19.6 Å². The lowest BCUT2D eigenvalue weighted by Crippen LogP contribution is -2.31. The summed E-state index contributed by atoms with van der Waals surface area (Å²) in [6.45, 7) is 8.20. The quantitative estimate of drug-likeness (QED) is 0.876. The SMILES string of the molecule is COc1cccc(OCC(=O)N[C@H](C)c2cc(C)c(C)cc2C)c1. The van der Waals surface area contributed by atoms with Crippen molar-refractivity contribution < 1.29 is 14.3 Å². The van der Waals surface area contributed by atoms with Gasteiger partial charge in [0.1, 0.15) is 11.5 Å². The van der Waals surface area contributed by atoms with Gasteiger partial charge in [0.2, 0.25) is 0 Å². The van der Waals surface area contributed by atoms with Gasteiger partial charge >= 0.3 is 0 Å². The van der Waals surface area contributed by atoms with E-state index in [1.54, 1.807) is 19.2 Å². The Balaban J connectivity index is 1.95. The summed E-state index contributed by atoms with van der Waals surface area (Å²) in [6.07, 6.45) is 0. The predicted octanol–water partition coefficient (Wildman–Crippen LogP) is 3.88. The van der Waals surface area contributed by atoms with Gasteiger partial charge in [-0.3, -0.25) is 4.79 Å². The Bertz CT molecular complexity index is 725. The van der Waals surface area contributed by atoms with Crippen LogP contribution in [0.15, 0.2) is 36.4 Å². The third kappa shape index (κ3) is 4.51. The number of carbonyl (C=O) groups is 1. The molecule has 0 aromatic heterocycles. The number of nitrogens with one attached hydrogen (secondary N) is 1. The monoisotopic (exact) mass is 327 g/mol. The molecule has 0 bridgehead atoms. The highest BCUT2D eigenvalue weighted by atomic mass is 16.5. The molecule has 24 heavy (non-hydrogen) atoms. The average Bonchev–Trinajstić information content (AvgIpc) is 2.56. The van der Waals surface area contributed by atoms with Gasteiger partial charge in [-0.05, 0) is 62.1 Å². The van der Waals surface area contributed by atoms with Gasteiger partial charge in [-0.25, -0.2) is 0 Å². The van der Waals surface area contributed by atoms with Crippen LogP contribution in [0.2, 0.25) is 0 Å². The van der Waals surface area contributed by atoms with Crippen LogP contribution in [0.1, 0.15) is 35.2 Å². The Morgan fingerprint density at radius 3 is 2.42 bits per heavy atom. The highest BCUT2D eigenvalue weighted by molar-refractivity contribution is 5.78. The van der Waals surface area contributed by atoms with Gasteiger partial charge in [0.25, 0.3) is 5.91 Å². The molecule has 2 aromatic carbocycles. The van der Waals surface area contributed by atoms with E-state index in [0.717, 1.165) is 5.56 Å². The molecule has 0 heterocycles. The van der Waals surface area contributed by atoms with Crippen molar-refractivity contribution in [3.05, 3.63) is 58.7 Å². The highest BCUT2D eigenvalue weighted by Crippen LogP contribution is 2.22. The molecule has 4 nitrogen and oxygen atoms in total. The number of ether oxygens (including phenoxy) is 2. The molecule has 0 radical (unpaired) electrons. The number of hydrogen-bond acceptors (Lipinski definition) is 3. The number of aryl methyl sites for hydroxylation is 3. The Labute approximate surface area is 143 Å². The molecule has 1 amide bonds. The first-order chi connectivity index (χ1) is 11.4. The van der Waals surface area contributed by atoms with Crippen LogP contribution < -0.4 is 14.8 Å². The molecule has 0 fully saturated rings. The number of amides is 1. The minimum absolute atomic E-state index is 0.0264. The van der Waals surface area contributed by atoms with E-state index in [2.05, 4.69) is 38.2 Å². The van der Waals surface area contributed by atoms with Crippen LogP contribution in [0.25, 0.3) is 0 Å². The Morgan fingerprint density at radius 2 is 1.71 bits per heavy atom. The molecular formula is C20H25NO3. The molecule has 2 rings (SSSR count). The summed E-state index contributed by atoms with van der Waals surface area (Å²) in [7, 11) is 1.60. The molecule has 0 saturated carbocycles. The second-order valence-electron chi connectivity index (χ2n) is 6.05. The zero-order valence-electron chi connectivity index (χ0n) is 15.0. The van der Waals surface area contributed by atoms with Gasteiger partial charge < -0.3 is 14.8 Å². The topological polar surface area (TPSA) is 47.6 Å². The van der Waals surface area contributed by atoms with Gasteiger partial charge in [-0.2, -0.15) is 0 Å². The van der Waals surface area contributed by atoms with Crippen LogP contribution in [0, 0.1) is 20.8 Å². The predicted molar refractivity (Wildman–Crippen MR) is 95.7 cm³/mol. The molecule has 0 aliphatic heterocycles. The lowest BCUT2D eigenvalue weighted by molar-refractivity contribution is -0.123. The summed E-state index contributed by atoms with van der Waals surface area (Å²) >= 11 is 0. The Morgan fingerprint density at radius 1 is 1.04 bits per heavy atom. The van der Waals surface area contributed by atoms with Crippen molar-refractivity contribution >= 4 is 5.91 Å². The zero-order chi connectivity index (χ0) is 17.7. The lowest BCUT2D eigenvalue weighted by Gasteiger charge is -2.18. The van der Waals surface area contributed by atoms with Gasteiger partial charge in [0.15, 0.2) is 6.61 Å². The summed E-state index contributed by atoms with van der Waals surface area (Å²) in [4.78, 5) is 12.2. The van der Waals surface area contributed by atoms with E-state index in [9.17, 15) is 4.79 Å². The highest BCUT2D eigenvalue weighted by Gasteiger charge is 2.13. The van der Waals surface area contributed by atoms with E-state index in [1.807, 2.05) is 19.1 Å². The number of carbonyl (C=O) groups excluding carboxylic acids is 1. The van der Waals surface area contributed by atoms with Crippen LogP contribution in [0.4, 0.5) is 0 Å². The van der Waals surface area contributed by atoms with Crippen LogP contribution in [0.3, 0.4) is 0 Å². The van der Waals surface area contributed by atoms with Gasteiger partial charge in [0, 0.05) is 6.07 Å². The van der Waals surface area contributed by atoms with E-state index >= 15 is 0 Å². The molecule has 0 aliphatic carbocycles. The summed E-state index contributed by atoms with van der Waals surface area (Å²) in [5, 5.41) is 2.99. The first-order valence-corrected chi connectivity index (χ1v) is 8.04. The molecule has 0 spiro atoms. The number of methoxy groups -OCH3 is 1. The van der Waals surface area contributed by atoms with Crippen molar-refractivity contribution in [2.75, 3.05) is 13.7 Å². The molecule has 0 saturated heterocycles. The Kier molecular flexibility index (Phi) is 5.85. The number of rotatable bonds is 6. The molecule has 1 atom stereocenters. The minimum atomic E-state index is -0.150. The van der Waals surface area contributed by atoms with Crippen molar-refractivity contribution in [1.82, 2.24) is 5.32 Å². The average molecular weight is 327 g/mol. The van der Waals surface area contributed by atoms with Gasteiger partial charge in [-0.1, -0.05) is 18.2 Å².